The van der Waals surface area contributed by atoms with Crippen molar-refractivity contribution in [1.82, 2.24) is 9.88 Å². The van der Waals surface area contributed by atoms with Crippen LogP contribution in [0.25, 0.3) is 10.9 Å². The van der Waals surface area contributed by atoms with Gasteiger partial charge in [0.15, 0.2) is 0 Å². The maximum absolute atomic E-state index is 13.3. The van der Waals surface area contributed by atoms with Gasteiger partial charge in [0.05, 0.1) is 11.4 Å². The number of nitrogens with zero attached hydrogens (tertiary/aromatic N) is 2. The number of amides is 1. The quantitative estimate of drug-likeness (QED) is 0.581. The molecule has 2 fully saturated rings. The van der Waals surface area contributed by atoms with Gasteiger partial charge in [-0.3, -0.25) is 14.6 Å². The largest absolute Gasteiger partial charge is 0.489 e. The van der Waals surface area contributed by atoms with Crippen LogP contribution in [0, 0.1) is 12.8 Å². The van der Waals surface area contributed by atoms with Gasteiger partial charge in [-0.2, -0.15) is 0 Å². The standard InChI is InChI=1S/C27H29N3O4/c1-17-15-18(21-5-2-3-7-23(21)29-17)16-34-20-11-9-19(10-12-20)27(28)13-14-30(26(27)33)24-8-4-6-22(24)25(31)32/h2-3,5,7,9-12,15,22,24H,4,6,8,13-14,16,28H2,1H3,(H,31,32)/t22-,24?,27-/m0/s1. The van der Waals surface area contributed by atoms with Crippen LogP contribution in [0.5, 0.6) is 5.75 Å². The van der Waals surface area contributed by atoms with Crippen molar-refractivity contribution >= 4 is 22.8 Å². The van der Waals surface area contributed by atoms with Gasteiger partial charge < -0.3 is 20.5 Å². The lowest BCUT2D eigenvalue weighted by atomic mass is 9.89. The van der Waals surface area contributed by atoms with E-state index in [4.69, 9.17) is 10.5 Å². The van der Waals surface area contributed by atoms with Crippen LogP contribution in [0.3, 0.4) is 0 Å². The Balaban J connectivity index is 1.30. The summed E-state index contributed by atoms with van der Waals surface area (Å²) >= 11 is 0. The number of nitrogens with two attached hydrogens (primary N) is 1. The molecule has 1 aliphatic carbocycles. The first kappa shape index (κ1) is 22.3. The van der Waals surface area contributed by atoms with E-state index in [0.717, 1.165) is 34.1 Å². The number of benzene rings is 2. The molecular formula is C27H29N3O4. The second-order valence-corrected chi connectivity index (χ2v) is 9.42. The molecule has 1 saturated heterocycles. The average Bonchev–Trinajstić information content (AvgIpc) is 3.43. The Morgan fingerprint density at radius 3 is 2.74 bits per heavy atom. The lowest BCUT2D eigenvalue weighted by Crippen LogP contribution is -2.49. The fourth-order valence-corrected chi connectivity index (χ4v) is 5.47. The molecular weight excluding hydrogens is 430 g/mol. The Morgan fingerprint density at radius 1 is 1.21 bits per heavy atom. The normalized spacial score (nSPS) is 24.6. The van der Waals surface area contributed by atoms with Crippen LogP contribution >= 0.6 is 0 Å². The van der Waals surface area contributed by atoms with Crippen molar-refractivity contribution in [2.24, 2.45) is 11.7 Å². The number of carbonyl (C=O) groups is 2. The zero-order chi connectivity index (χ0) is 23.9. The molecule has 1 saturated carbocycles. The predicted molar refractivity (Wildman–Crippen MR) is 128 cm³/mol. The first-order chi connectivity index (χ1) is 16.4. The number of likely N-dealkylation sites (tertiary alicyclic amines) is 1. The number of rotatable bonds is 6. The highest BCUT2D eigenvalue weighted by atomic mass is 16.5. The number of aliphatic carboxylic acids is 1. The van der Waals surface area contributed by atoms with Crippen molar-refractivity contribution in [2.75, 3.05) is 6.54 Å². The summed E-state index contributed by atoms with van der Waals surface area (Å²) in [7, 11) is 0. The third kappa shape index (κ3) is 3.90. The van der Waals surface area contributed by atoms with Gasteiger partial charge in [-0.15, -0.1) is 0 Å². The monoisotopic (exact) mass is 459 g/mol. The molecule has 0 bridgehead atoms. The molecule has 34 heavy (non-hydrogen) atoms. The number of carboxylic acid groups (broad SMARTS) is 1. The lowest BCUT2D eigenvalue weighted by Gasteiger charge is -2.30. The van der Waals surface area contributed by atoms with E-state index >= 15 is 0 Å². The average molecular weight is 460 g/mol. The second kappa shape index (κ2) is 8.72. The zero-order valence-electron chi connectivity index (χ0n) is 19.2. The van der Waals surface area contributed by atoms with Crippen molar-refractivity contribution in [2.45, 2.75) is 50.8 Å². The summed E-state index contributed by atoms with van der Waals surface area (Å²) in [5.41, 5.74) is 9.14. The van der Waals surface area contributed by atoms with Crippen molar-refractivity contribution in [3.63, 3.8) is 0 Å². The number of para-hydroxylation sites is 1. The van der Waals surface area contributed by atoms with E-state index in [1.807, 2.05) is 61.5 Å². The highest BCUT2D eigenvalue weighted by Gasteiger charge is 2.50. The number of aromatic nitrogens is 1. The number of pyridine rings is 1. The van der Waals surface area contributed by atoms with Crippen LogP contribution in [-0.4, -0.2) is 39.5 Å². The molecule has 0 spiro atoms. The molecule has 2 heterocycles. The molecule has 1 unspecified atom stereocenters. The van der Waals surface area contributed by atoms with Crippen molar-refractivity contribution in [1.29, 1.82) is 0 Å². The number of fused-ring (bicyclic) bond motifs is 1. The fraction of sp³-hybridized carbons (Fsp3) is 0.370. The number of carboxylic acids is 1. The number of carbonyl (C=O) groups excluding carboxylic acids is 1. The number of hydrogen-bond donors (Lipinski definition) is 2. The summed E-state index contributed by atoms with van der Waals surface area (Å²) in [4.78, 5) is 31.2. The van der Waals surface area contributed by atoms with E-state index in [2.05, 4.69) is 4.98 Å². The Kier molecular flexibility index (Phi) is 5.73. The summed E-state index contributed by atoms with van der Waals surface area (Å²) in [6, 6.07) is 17.1. The second-order valence-electron chi connectivity index (χ2n) is 9.42. The molecule has 1 aromatic heterocycles. The number of hydrogen-bond acceptors (Lipinski definition) is 5. The lowest BCUT2D eigenvalue weighted by molar-refractivity contribution is -0.145. The van der Waals surface area contributed by atoms with Crippen LogP contribution in [0.1, 0.15) is 42.5 Å². The molecule has 176 valence electrons. The van der Waals surface area contributed by atoms with E-state index in [1.54, 1.807) is 4.90 Å². The van der Waals surface area contributed by atoms with Gasteiger partial charge >= 0.3 is 5.97 Å². The van der Waals surface area contributed by atoms with Crippen LogP contribution in [0.15, 0.2) is 54.6 Å². The molecule has 7 heteroatoms. The minimum atomic E-state index is -1.14. The highest BCUT2D eigenvalue weighted by Crippen LogP contribution is 2.38. The number of ether oxygens (including phenoxy) is 1. The van der Waals surface area contributed by atoms with Crippen molar-refractivity contribution in [3.05, 3.63) is 71.4 Å². The Hall–Kier alpha value is -3.45. The van der Waals surface area contributed by atoms with Crippen molar-refractivity contribution < 1.29 is 19.4 Å². The number of aryl methyl sites for hydroxylation is 1. The van der Waals surface area contributed by atoms with Gasteiger partial charge in [0.2, 0.25) is 5.91 Å². The molecule has 3 atom stereocenters. The Bertz CT molecular complexity index is 1240. The van der Waals surface area contributed by atoms with E-state index in [1.165, 1.54) is 0 Å². The van der Waals surface area contributed by atoms with Crippen molar-refractivity contribution in [3.8, 4) is 5.75 Å². The van der Waals surface area contributed by atoms with E-state index in [0.29, 0.717) is 38.2 Å². The third-order valence-corrected chi connectivity index (χ3v) is 7.28. The third-order valence-electron chi connectivity index (χ3n) is 7.28. The first-order valence-electron chi connectivity index (χ1n) is 11.8. The summed E-state index contributed by atoms with van der Waals surface area (Å²) in [6.45, 7) is 2.86. The maximum atomic E-state index is 13.3. The SMILES string of the molecule is Cc1cc(COc2ccc([C@@]3(N)CCN(C4CCC[C@@H]4C(=O)O)C3=O)cc2)c2ccccc2n1. The molecule has 5 rings (SSSR count). The van der Waals surface area contributed by atoms with Gasteiger partial charge in [-0.05, 0) is 56.0 Å². The Morgan fingerprint density at radius 2 is 1.97 bits per heavy atom. The van der Waals surface area contributed by atoms with Gasteiger partial charge in [-0.1, -0.05) is 36.8 Å². The zero-order valence-corrected chi connectivity index (χ0v) is 19.2. The van der Waals surface area contributed by atoms with Gasteiger partial charge in [0.1, 0.15) is 17.9 Å². The molecule has 2 aromatic carbocycles. The topological polar surface area (TPSA) is 106 Å². The Labute approximate surface area is 198 Å². The minimum Gasteiger partial charge on any atom is -0.489 e. The highest BCUT2D eigenvalue weighted by molar-refractivity contribution is 5.90. The van der Waals surface area contributed by atoms with E-state index in [-0.39, 0.29) is 11.9 Å². The van der Waals surface area contributed by atoms with Crippen LogP contribution in [0.4, 0.5) is 0 Å². The summed E-state index contributed by atoms with van der Waals surface area (Å²) < 4.78 is 6.05. The molecule has 0 radical (unpaired) electrons. The fourth-order valence-electron chi connectivity index (χ4n) is 5.47. The molecule has 3 N–H and O–H groups in total. The van der Waals surface area contributed by atoms with Gasteiger partial charge in [-0.25, -0.2) is 0 Å². The molecule has 1 amide bonds. The van der Waals surface area contributed by atoms with Crippen LogP contribution in [-0.2, 0) is 21.7 Å². The summed E-state index contributed by atoms with van der Waals surface area (Å²) in [5, 5.41) is 10.6. The van der Waals surface area contributed by atoms with Crippen LogP contribution < -0.4 is 10.5 Å². The molecule has 3 aromatic rings. The molecule has 2 aliphatic rings. The van der Waals surface area contributed by atoms with Gasteiger partial charge in [0, 0.05) is 29.2 Å². The maximum Gasteiger partial charge on any atom is 0.308 e. The predicted octanol–water partition coefficient (Wildman–Crippen LogP) is 3.76. The smallest absolute Gasteiger partial charge is 0.308 e. The van der Waals surface area contributed by atoms with Gasteiger partial charge in [0.25, 0.3) is 0 Å². The first-order valence-corrected chi connectivity index (χ1v) is 11.8. The van der Waals surface area contributed by atoms with E-state index in [9.17, 15) is 14.7 Å². The molecule has 1 aliphatic heterocycles. The minimum absolute atomic E-state index is 0.182. The van der Waals surface area contributed by atoms with E-state index < -0.39 is 17.4 Å². The molecule has 7 nitrogen and oxygen atoms in total. The van der Waals surface area contributed by atoms with Crippen LogP contribution in [0.2, 0.25) is 0 Å². The summed E-state index contributed by atoms with van der Waals surface area (Å²) in [5.74, 6) is -0.827. The summed E-state index contributed by atoms with van der Waals surface area (Å²) in [6.07, 6.45) is 2.62.